The number of carbonyl (C=O) groups excluding carboxylic acids is 1. The highest BCUT2D eigenvalue weighted by Crippen LogP contribution is 2.06. The quantitative estimate of drug-likeness (QED) is 0.829. The standard InChI is InChI=1S/C12H12N4O/c1-9-7-8-13-11(14-9)16-12(17)15-10-5-3-2-4-6-10/h2-8H,1H3,(H2,13,14,15,16,17). The molecule has 86 valence electrons. The zero-order valence-corrected chi connectivity index (χ0v) is 9.34. The fourth-order valence-electron chi connectivity index (χ4n) is 1.29. The summed E-state index contributed by atoms with van der Waals surface area (Å²) in [5.41, 5.74) is 1.52. The van der Waals surface area contributed by atoms with E-state index in [-0.39, 0.29) is 6.03 Å². The van der Waals surface area contributed by atoms with Gasteiger partial charge in [0.1, 0.15) is 0 Å². The molecule has 0 bridgehead atoms. The van der Waals surface area contributed by atoms with Crippen LogP contribution in [0.4, 0.5) is 16.4 Å². The van der Waals surface area contributed by atoms with Gasteiger partial charge in [-0.05, 0) is 25.1 Å². The van der Waals surface area contributed by atoms with E-state index in [1.54, 1.807) is 24.4 Å². The average molecular weight is 228 g/mol. The second kappa shape index (κ2) is 5.07. The summed E-state index contributed by atoms with van der Waals surface area (Å²) < 4.78 is 0. The van der Waals surface area contributed by atoms with Gasteiger partial charge < -0.3 is 5.32 Å². The molecule has 0 saturated carbocycles. The molecule has 0 fully saturated rings. The van der Waals surface area contributed by atoms with Crippen molar-refractivity contribution in [2.45, 2.75) is 6.92 Å². The number of nitrogens with one attached hydrogen (secondary N) is 2. The van der Waals surface area contributed by atoms with Gasteiger partial charge in [-0.1, -0.05) is 18.2 Å². The third-order valence-corrected chi connectivity index (χ3v) is 2.05. The number of amides is 2. The second-order valence-corrected chi connectivity index (χ2v) is 3.47. The van der Waals surface area contributed by atoms with Gasteiger partial charge in [-0.3, -0.25) is 5.32 Å². The lowest BCUT2D eigenvalue weighted by Crippen LogP contribution is -2.20. The minimum absolute atomic E-state index is 0.290. The lowest BCUT2D eigenvalue weighted by atomic mass is 10.3. The zero-order valence-electron chi connectivity index (χ0n) is 9.34. The molecule has 0 unspecified atom stereocenters. The number of hydrogen-bond donors (Lipinski definition) is 2. The Bertz CT molecular complexity index is 513. The maximum atomic E-state index is 11.6. The molecule has 0 aliphatic rings. The van der Waals surface area contributed by atoms with E-state index < -0.39 is 0 Å². The molecule has 5 heteroatoms. The van der Waals surface area contributed by atoms with Gasteiger partial charge in [-0.25, -0.2) is 14.8 Å². The summed E-state index contributed by atoms with van der Waals surface area (Å²) in [6, 6.07) is 10.6. The first-order valence-electron chi connectivity index (χ1n) is 5.17. The van der Waals surface area contributed by atoms with E-state index in [0.29, 0.717) is 5.95 Å². The van der Waals surface area contributed by atoms with Crippen LogP contribution in [-0.4, -0.2) is 16.0 Å². The van der Waals surface area contributed by atoms with Crippen molar-refractivity contribution in [2.75, 3.05) is 10.6 Å². The molecule has 0 atom stereocenters. The molecule has 1 heterocycles. The predicted molar refractivity (Wildman–Crippen MR) is 65.9 cm³/mol. The number of rotatable bonds is 2. The molecule has 1 aromatic heterocycles. The summed E-state index contributed by atoms with van der Waals surface area (Å²) in [6.45, 7) is 1.84. The summed E-state index contributed by atoms with van der Waals surface area (Å²) in [7, 11) is 0. The zero-order chi connectivity index (χ0) is 12.1. The number of aromatic nitrogens is 2. The van der Waals surface area contributed by atoms with Gasteiger partial charge in [0.15, 0.2) is 0 Å². The number of aryl methyl sites for hydroxylation is 1. The summed E-state index contributed by atoms with van der Waals surface area (Å²) in [4.78, 5) is 19.6. The number of hydrogen-bond acceptors (Lipinski definition) is 3. The second-order valence-electron chi connectivity index (χ2n) is 3.47. The number of anilines is 2. The number of nitrogens with zero attached hydrogens (tertiary/aromatic N) is 2. The van der Waals surface area contributed by atoms with Gasteiger partial charge in [0.25, 0.3) is 0 Å². The Labute approximate surface area is 98.9 Å². The highest BCUT2D eigenvalue weighted by atomic mass is 16.2. The Hall–Kier alpha value is -2.43. The third kappa shape index (κ3) is 3.27. The molecule has 2 aromatic rings. The fourth-order valence-corrected chi connectivity index (χ4v) is 1.29. The van der Waals surface area contributed by atoms with E-state index in [2.05, 4.69) is 20.6 Å². The van der Waals surface area contributed by atoms with Gasteiger partial charge in [0.2, 0.25) is 5.95 Å². The van der Waals surface area contributed by atoms with Gasteiger partial charge in [-0.15, -0.1) is 0 Å². The molecule has 0 spiro atoms. The van der Waals surface area contributed by atoms with Crippen molar-refractivity contribution in [3.8, 4) is 0 Å². The Morgan fingerprint density at radius 2 is 1.88 bits per heavy atom. The first-order valence-corrected chi connectivity index (χ1v) is 5.17. The molecule has 0 aliphatic heterocycles. The van der Waals surface area contributed by atoms with Crippen molar-refractivity contribution in [3.63, 3.8) is 0 Å². The fraction of sp³-hybridized carbons (Fsp3) is 0.0833. The molecule has 0 aliphatic carbocycles. The minimum Gasteiger partial charge on any atom is -0.308 e. The van der Waals surface area contributed by atoms with Crippen LogP contribution in [0.2, 0.25) is 0 Å². The van der Waals surface area contributed by atoms with Crippen molar-refractivity contribution in [2.24, 2.45) is 0 Å². The van der Waals surface area contributed by atoms with Crippen LogP contribution in [-0.2, 0) is 0 Å². The van der Waals surface area contributed by atoms with Gasteiger partial charge in [0, 0.05) is 17.6 Å². The highest BCUT2D eigenvalue weighted by Gasteiger charge is 2.03. The molecular weight excluding hydrogens is 216 g/mol. The normalized spacial score (nSPS) is 9.71. The largest absolute Gasteiger partial charge is 0.326 e. The molecular formula is C12H12N4O. The molecule has 5 nitrogen and oxygen atoms in total. The SMILES string of the molecule is Cc1ccnc(NC(=O)Nc2ccccc2)n1. The Morgan fingerprint density at radius 1 is 1.12 bits per heavy atom. The van der Waals surface area contributed by atoms with Crippen LogP contribution >= 0.6 is 0 Å². The molecule has 17 heavy (non-hydrogen) atoms. The van der Waals surface area contributed by atoms with Crippen molar-refractivity contribution in [1.82, 2.24) is 9.97 Å². The maximum Gasteiger partial charge on any atom is 0.326 e. The summed E-state index contributed by atoms with van der Waals surface area (Å²) in [6.07, 6.45) is 1.60. The van der Waals surface area contributed by atoms with E-state index in [0.717, 1.165) is 11.4 Å². The summed E-state index contributed by atoms with van der Waals surface area (Å²) in [5.74, 6) is 0.290. The topological polar surface area (TPSA) is 66.9 Å². The molecule has 1 aromatic carbocycles. The third-order valence-electron chi connectivity index (χ3n) is 2.05. The smallest absolute Gasteiger partial charge is 0.308 e. The summed E-state index contributed by atoms with van der Waals surface area (Å²) >= 11 is 0. The lowest BCUT2D eigenvalue weighted by Gasteiger charge is -2.06. The van der Waals surface area contributed by atoms with Crippen LogP contribution < -0.4 is 10.6 Å². The van der Waals surface area contributed by atoms with Gasteiger partial charge in [0.05, 0.1) is 0 Å². The molecule has 2 amide bonds. The van der Waals surface area contributed by atoms with Crippen LogP contribution in [0.25, 0.3) is 0 Å². The van der Waals surface area contributed by atoms with Crippen LogP contribution in [0.3, 0.4) is 0 Å². The van der Waals surface area contributed by atoms with Crippen LogP contribution in [0.15, 0.2) is 42.6 Å². The number of carbonyl (C=O) groups is 1. The highest BCUT2D eigenvalue weighted by molar-refractivity contribution is 5.98. The van der Waals surface area contributed by atoms with E-state index in [1.807, 2.05) is 25.1 Å². The maximum absolute atomic E-state index is 11.6. The number of para-hydroxylation sites is 1. The molecule has 2 N–H and O–H groups in total. The van der Waals surface area contributed by atoms with E-state index in [9.17, 15) is 4.79 Å². The van der Waals surface area contributed by atoms with E-state index in [1.165, 1.54) is 0 Å². The first-order chi connectivity index (χ1) is 8.24. The molecule has 2 rings (SSSR count). The number of benzene rings is 1. The predicted octanol–water partition coefficient (Wildman–Crippen LogP) is 2.43. The monoisotopic (exact) mass is 228 g/mol. The van der Waals surface area contributed by atoms with Gasteiger partial charge >= 0.3 is 6.03 Å². The Morgan fingerprint density at radius 3 is 2.59 bits per heavy atom. The van der Waals surface area contributed by atoms with Crippen LogP contribution in [0.5, 0.6) is 0 Å². The Balaban J connectivity index is 1.98. The van der Waals surface area contributed by atoms with E-state index >= 15 is 0 Å². The lowest BCUT2D eigenvalue weighted by molar-refractivity contribution is 0.262. The molecule has 0 saturated heterocycles. The van der Waals surface area contributed by atoms with Crippen molar-refractivity contribution in [1.29, 1.82) is 0 Å². The van der Waals surface area contributed by atoms with Crippen molar-refractivity contribution < 1.29 is 4.79 Å². The first kappa shape index (κ1) is 11.1. The van der Waals surface area contributed by atoms with Crippen LogP contribution in [0, 0.1) is 6.92 Å². The average Bonchev–Trinajstić information content (AvgIpc) is 2.30. The van der Waals surface area contributed by atoms with Gasteiger partial charge in [-0.2, -0.15) is 0 Å². The Kier molecular flexibility index (Phi) is 3.30. The van der Waals surface area contributed by atoms with E-state index in [4.69, 9.17) is 0 Å². The molecule has 0 radical (unpaired) electrons. The summed E-state index contributed by atoms with van der Waals surface area (Å²) in [5, 5.41) is 5.24. The minimum atomic E-state index is -0.359. The van der Waals surface area contributed by atoms with Crippen LogP contribution in [0.1, 0.15) is 5.69 Å². The van der Waals surface area contributed by atoms with Crippen molar-refractivity contribution >= 4 is 17.7 Å². The van der Waals surface area contributed by atoms with Crippen molar-refractivity contribution in [3.05, 3.63) is 48.3 Å². The number of urea groups is 1.